The predicted octanol–water partition coefficient (Wildman–Crippen LogP) is 3.51. The maximum Gasteiger partial charge on any atom is 0.118 e. The van der Waals surface area contributed by atoms with E-state index in [0.717, 1.165) is 25.1 Å². The summed E-state index contributed by atoms with van der Waals surface area (Å²) in [5.74, 6) is 0.914. The SMILES string of the molecule is COc1ccc(CCC(C)NCc2cnccc2C)cc1. The molecule has 0 spiro atoms. The number of nitrogens with zero attached hydrogens (tertiary/aromatic N) is 1. The zero-order valence-electron chi connectivity index (χ0n) is 13.1. The first kappa shape index (κ1) is 15.5. The fourth-order valence-electron chi connectivity index (χ4n) is 2.24. The molecule has 1 heterocycles. The number of ether oxygens (including phenoxy) is 1. The molecule has 0 saturated heterocycles. The Morgan fingerprint density at radius 2 is 1.95 bits per heavy atom. The third-order valence-corrected chi connectivity index (χ3v) is 3.81. The second-order valence-corrected chi connectivity index (χ2v) is 5.47. The second kappa shape index (κ2) is 7.79. The third kappa shape index (κ3) is 4.87. The van der Waals surface area contributed by atoms with Crippen LogP contribution in [0.5, 0.6) is 5.75 Å². The van der Waals surface area contributed by atoms with Gasteiger partial charge in [0, 0.05) is 25.0 Å². The van der Waals surface area contributed by atoms with Crippen LogP contribution in [0.2, 0.25) is 0 Å². The average molecular weight is 284 g/mol. The van der Waals surface area contributed by atoms with Gasteiger partial charge in [-0.1, -0.05) is 12.1 Å². The van der Waals surface area contributed by atoms with Crippen molar-refractivity contribution in [2.24, 2.45) is 0 Å². The van der Waals surface area contributed by atoms with Gasteiger partial charge in [-0.15, -0.1) is 0 Å². The van der Waals surface area contributed by atoms with Crippen LogP contribution in [0.1, 0.15) is 30.0 Å². The van der Waals surface area contributed by atoms with Crippen LogP contribution in [0.15, 0.2) is 42.7 Å². The van der Waals surface area contributed by atoms with E-state index in [0.29, 0.717) is 6.04 Å². The van der Waals surface area contributed by atoms with Gasteiger partial charge in [-0.05, 0) is 61.6 Å². The number of aryl methyl sites for hydroxylation is 2. The Labute approximate surface area is 127 Å². The lowest BCUT2D eigenvalue weighted by atomic mass is 10.1. The first-order valence-electron chi connectivity index (χ1n) is 7.45. The van der Waals surface area contributed by atoms with Crippen molar-refractivity contribution in [1.29, 1.82) is 0 Å². The van der Waals surface area contributed by atoms with Gasteiger partial charge in [-0.3, -0.25) is 4.98 Å². The first-order valence-corrected chi connectivity index (χ1v) is 7.45. The van der Waals surface area contributed by atoms with Gasteiger partial charge in [0.2, 0.25) is 0 Å². The van der Waals surface area contributed by atoms with Crippen molar-refractivity contribution < 1.29 is 4.74 Å². The van der Waals surface area contributed by atoms with Crippen molar-refractivity contribution in [3.63, 3.8) is 0 Å². The van der Waals surface area contributed by atoms with Crippen LogP contribution >= 0.6 is 0 Å². The van der Waals surface area contributed by atoms with Crippen LogP contribution in [-0.4, -0.2) is 18.1 Å². The molecular formula is C18H24N2O. The molecule has 0 radical (unpaired) electrons. The van der Waals surface area contributed by atoms with E-state index in [-0.39, 0.29) is 0 Å². The van der Waals surface area contributed by atoms with Crippen molar-refractivity contribution in [2.45, 2.75) is 39.3 Å². The number of nitrogens with one attached hydrogen (secondary N) is 1. The Balaban J connectivity index is 1.76. The maximum absolute atomic E-state index is 5.18. The van der Waals surface area contributed by atoms with Crippen LogP contribution in [-0.2, 0) is 13.0 Å². The van der Waals surface area contributed by atoms with E-state index in [1.165, 1.54) is 16.7 Å². The Morgan fingerprint density at radius 3 is 2.62 bits per heavy atom. The minimum Gasteiger partial charge on any atom is -0.497 e. The van der Waals surface area contributed by atoms with Crippen LogP contribution < -0.4 is 10.1 Å². The van der Waals surface area contributed by atoms with Crippen molar-refractivity contribution in [2.75, 3.05) is 7.11 Å². The predicted molar refractivity (Wildman–Crippen MR) is 86.6 cm³/mol. The minimum atomic E-state index is 0.478. The topological polar surface area (TPSA) is 34.1 Å². The highest BCUT2D eigenvalue weighted by Gasteiger charge is 2.04. The number of rotatable bonds is 7. The van der Waals surface area contributed by atoms with Crippen LogP contribution in [0.4, 0.5) is 0 Å². The summed E-state index contributed by atoms with van der Waals surface area (Å²) in [5, 5.41) is 3.57. The number of hydrogen-bond acceptors (Lipinski definition) is 3. The van der Waals surface area contributed by atoms with E-state index in [4.69, 9.17) is 4.74 Å². The van der Waals surface area contributed by atoms with E-state index in [1.807, 2.05) is 24.5 Å². The van der Waals surface area contributed by atoms with E-state index in [1.54, 1.807) is 7.11 Å². The standard InChI is InChI=1S/C18H24N2O/c1-14-10-11-19-12-17(14)13-20-15(2)4-5-16-6-8-18(21-3)9-7-16/h6-12,15,20H,4-5,13H2,1-3H3. The number of benzene rings is 1. The van der Waals surface area contributed by atoms with Crippen LogP contribution in [0, 0.1) is 6.92 Å². The quantitative estimate of drug-likeness (QED) is 0.845. The summed E-state index contributed by atoms with van der Waals surface area (Å²) < 4.78 is 5.18. The average Bonchev–Trinajstić information content (AvgIpc) is 2.52. The summed E-state index contributed by atoms with van der Waals surface area (Å²) in [4.78, 5) is 4.18. The molecule has 1 aromatic carbocycles. The van der Waals surface area contributed by atoms with Gasteiger partial charge in [0.1, 0.15) is 5.75 Å². The van der Waals surface area contributed by atoms with E-state index in [9.17, 15) is 0 Å². The Kier molecular flexibility index (Phi) is 5.76. The molecule has 3 heteroatoms. The Bertz CT molecular complexity index is 551. The van der Waals surface area contributed by atoms with E-state index in [2.05, 4.69) is 42.3 Å². The van der Waals surface area contributed by atoms with Gasteiger partial charge >= 0.3 is 0 Å². The van der Waals surface area contributed by atoms with Gasteiger partial charge in [-0.25, -0.2) is 0 Å². The summed E-state index contributed by atoms with van der Waals surface area (Å²) in [5.41, 5.74) is 3.91. The number of pyridine rings is 1. The molecule has 0 saturated carbocycles. The molecule has 0 aliphatic carbocycles. The Hall–Kier alpha value is -1.87. The zero-order valence-corrected chi connectivity index (χ0v) is 13.1. The highest BCUT2D eigenvalue weighted by Crippen LogP contribution is 2.13. The highest BCUT2D eigenvalue weighted by atomic mass is 16.5. The fraction of sp³-hybridized carbons (Fsp3) is 0.389. The Morgan fingerprint density at radius 1 is 1.19 bits per heavy atom. The molecule has 0 aliphatic heterocycles. The van der Waals surface area contributed by atoms with Gasteiger partial charge in [0.05, 0.1) is 7.11 Å². The summed E-state index contributed by atoms with van der Waals surface area (Å²) in [6, 6.07) is 10.8. The van der Waals surface area contributed by atoms with Crippen molar-refractivity contribution in [3.8, 4) is 5.75 Å². The van der Waals surface area contributed by atoms with Crippen molar-refractivity contribution >= 4 is 0 Å². The van der Waals surface area contributed by atoms with E-state index < -0.39 is 0 Å². The van der Waals surface area contributed by atoms with Crippen LogP contribution in [0.25, 0.3) is 0 Å². The van der Waals surface area contributed by atoms with Gasteiger partial charge in [0.25, 0.3) is 0 Å². The molecule has 3 nitrogen and oxygen atoms in total. The largest absolute Gasteiger partial charge is 0.497 e. The minimum absolute atomic E-state index is 0.478. The van der Waals surface area contributed by atoms with Crippen molar-refractivity contribution in [1.82, 2.24) is 10.3 Å². The maximum atomic E-state index is 5.18. The van der Waals surface area contributed by atoms with Crippen LogP contribution in [0.3, 0.4) is 0 Å². The van der Waals surface area contributed by atoms with Gasteiger partial charge in [0.15, 0.2) is 0 Å². The number of methoxy groups -OCH3 is 1. The molecule has 1 atom stereocenters. The third-order valence-electron chi connectivity index (χ3n) is 3.81. The molecule has 1 aromatic heterocycles. The summed E-state index contributed by atoms with van der Waals surface area (Å²) in [7, 11) is 1.70. The van der Waals surface area contributed by atoms with E-state index >= 15 is 0 Å². The molecule has 0 bridgehead atoms. The number of aromatic nitrogens is 1. The molecule has 21 heavy (non-hydrogen) atoms. The molecule has 0 amide bonds. The molecule has 112 valence electrons. The summed E-state index contributed by atoms with van der Waals surface area (Å²) in [6.45, 7) is 5.24. The van der Waals surface area contributed by atoms with Gasteiger partial charge < -0.3 is 10.1 Å². The molecule has 2 aromatic rings. The highest BCUT2D eigenvalue weighted by molar-refractivity contribution is 5.27. The second-order valence-electron chi connectivity index (χ2n) is 5.47. The molecule has 1 unspecified atom stereocenters. The van der Waals surface area contributed by atoms with Crippen molar-refractivity contribution in [3.05, 3.63) is 59.4 Å². The lowest BCUT2D eigenvalue weighted by Gasteiger charge is -2.15. The molecular weight excluding hydrogens is 260 g/mol. The normalized spacial score (nSPS) is 12.1. The summed E-state index contributed by atoms with van der Waals surface area (Å²) >= 11 is 0. The smallest absolute Gasteiger partial charge is 0.118 e. The zero-order chi connectivity index (χ0) is 15.1. The lowest BCUT2D eigenvalue weighted by Crippen LogP contribution is -2.26. The molecule has 0 fully saturated rings. The molecule has 0 aliphatic rings. The fourth-order valence-corrected chi connectivity index (χ4v) is 2.24. The summed E-state index contributed by atoms with van der Waals surface area (Å²) in [6.07, 6.45) is 5.97. The van der Waals surface area contributed by atoms with Gasteiger partial charge in [-0.2, -0.15) is 0 Å². The molecule has 2 rings (SSSR count). The number of hydrogen-bond donors (Lipinski definition) is 1. The first-order chi connectivity index (χ1) is 10.2. The molecule has 1 N–H and O–H groups in total. The monoisotopic (exact) mass is 284 g/mol. The lowest BCUT2D eigenvalue weighted by molar-refractivity contribution is 0.414.